The molecule has 2 aromatic rings. The molecule has 0 amide bonds. The highest BCUT2D eigenvalue weighted by atomic mass is 35.5. The minimum absolute atomic E-state index is 0.0335. The van der Waals surface area contributed by atoms with Crippen molar-refractivity contribution in [3.8, 4) is 0 Å². The molecule has 1 N–H and O–H groups in total. The number of benzene rings is 2. The molecule has 28 heavy (non-hydrogen) atoms. The van der Waals surface area contributed by atoms with Crippen LogP contribution in [-0.2, 0) is 20.0 Å². The quantitative estimate of drug-likeness (QED) is 0.736. The molecule has 1 aliphatic heterocycles. The summed E-state index contributed by atoms with van der Waals surface area (Å²) in [6, 6.07) is 9.69. The lowest BCUT2D eigenvalue weighted by atomic mass is 10.3. The van der Waals surface area contributed by atoms with Gasteiger partial charge in [0, 0.05) is 36.9 Å². The lowest BCUT2D eigenvalue weighted by Gasteiger charge is -2.31. The van der Waals surface area contributed by atoms with E-state index in [4.69, 9.17) is 23.2 Å². The van der Waals surface area contributed by atoms with Gasteiger partial charge < -0.3 is 4.90 Å². The van der Waals surface area contributed by atoms with Crippen LogP contribution in [0.2, 0.25) is 10.0 Å². The Kier molecular flexibility index (Phi) is 6.23. The van der Waals surface area contributed by atoms with E-state index in [1.807, 2.05) is 7.05 Å². The smallest absolute Gasteiger partial charge is 0.263 e. The van der Waals surface area contributed by atoms with E-state index in [2.05, 4.69) is 9.62 Å². The molecule has 0 bridgehead atoms. The van der Waals surface area contributed by atoms with Crippen molar-refractivity contribution in [2.45, 2.75) is 9.79 Å². The number of hydrogen-bond acceptors (Lipinski definition) is 5. The zero-order valence-electron chi connectivity index (χ0n) is 15.0. The van der Waals surface area contributed by atoms with Gasteiger partial charge in [-0.2, -0.15) is 4.31 Å². The van der Waals surface area contributed by atoms with E-state index in [1.54, 1.807) is 0 Å². The van der Waals surface area contributed by atoms with Crippen molar-refractivity contribution in [3.05, 3.63) is 52.5 Å². The van der Waals surface area contributed by atoms with Gasteiger partial charge in [-0.15, -0.1) is 0 Å². The van der Waals surface area contributed by atoms with Crippen LogP contribution >= 0.6 is 23.2 Å². The zero-order valence-corrected chi connectivity index (χ0v) is 18.1. The third-order valence-electron chi connectivity index (χ3n) is 4.39. The Hall–Kier alpha value is -1.36. The number of nitrogens with one attached hydrogen (secondary N) is 1. The summed E-state index contributed by atoms with van der Waals surface area (Å²) in [5.41, 5.74) is 0.216. The topological polar surface area (TPSA) is 86.8 Å². The van der Waals surface area contributed by atoms with Crippen LogP contribution in [-0.4, -0.2) is 59.3 Å². The zero-order chi connectivity index (χ0) is 20.5. The fourth-order valence-electron chi connectivity index (χ4n) is 2.77. The Labute approximate surface area is 175 Å². The molecule has 0 radical (unpaired) electrons. The maximum Gasteiger partial charge on any atom is 0.263 e. The van der Waals surface area contributed by atoms with Crippen molar-refractivity contribution >= 4 is 48.9 Å². The molecule has 1 aliphatic rings. The standard InChI is InChI=1S/C17H19Cl2N3O4S2/c1-21-8-10-22(11-9-21)28(25,26)15-5-3-14(4-6-15)20-27(23,24)17-12-13(18)2-7-16(17)19/h2-7,12,20H,8-11H2,1H3. The van der Waals surface area contributed by atoms with Gasteiger partial charge in [0.25, 0.3) is 10.0 Å². The van der Waals surface area contributed by atoms with Crippen LogP contribution in [0.4, 0.5) is 5.69 Å². The van der Waals surface area contributed by atoms with E-state index in [0.717, 1.165) is 0 Å². The number of likely N-dealkylation sites (N-methyl/N-ethyl adjacent to an activating group) is 1. The normalized spacial score (nSPS) is 16.8. The summed E-state index contributed by atoms with van der Waals surface area (Å²) in [5, 5.41) is 0.268. The Morgan fingerprint density at radius 1 is 0.893 bits per heavy atom. The molecule has 11 heteroatoms. The Balaban J connectivity index is 1.80. The molecule has 1 saturated heterocycles. The van der Waals surface area contributed by atoms with Gasteiger partial charge in [-0.05, 0) is 49.5 Å². The van der Waals surface area contributed by atoms with Crippen molar-refractivity contribution in [2.24, 2.45) is 0 Å². The highest BCUT2D eigenvalue weighted by Gasteiger charge is 2.27. The van der Waals surface area contributed by atoms with Crippen molar-refractivity contribution in [1.29, 1.82) is 0 Å². The Morgan fingerprint density at radius 3 is 2.11 bits per heavy atom. The monoisotopic (exact) mass is 463 g/mol. The largest absolute Gasteiger partial charge is 0.304 e. The first kappa shape index (κ1) is 21.4. The number of nitrogens with zero attached hydrogens (tertiary/aromatic N) is 2. The predicted molar refractivity (Wildman–Crippen MR) is 110 cm³/mol. The van der Waals surface area contributed by atoms with Gasteiger partial charge in [0.2, 0.25) is 10.0 Å². The van der Waals surface area contributed by atoms with Gasteiger partial charge in [-0.3, -0.25) is 4.72 Å². The second-order valence-electron chi connectivity index (χ2n) is 6.41. The highest BCUT2D eigenvalue weighted by Crippen LogP contribution is 2.27. The first-order chi connectivity index (χ1) is 13.1. The number of piperazine rings is 1. The lowest BCUT2D eigenvalue weighted by molar-refractivity contribution is 0.222. The van der Waals surface area contributed by atoms with E-state index >= 15 is 0 Å². The summed E-state index contributed by atoms with van der Waals surface area (Å²) in [6.07, 6.45) is 0. The molecule has 0 unspecified atom stereocenters. The summed E-state index contributed by atoms with van der Waals surface area (Å²) < 4.78 is 54.4. The van der Waals surface area contributed by atoms with Gasteiger partial charge in [-0.1, -0.05) is 23.2 Å². The van der Waals surface area contributed by atoms with Crippen molar-refractivity contribution < 1.29 is 16.8 Å². The highest BCUT2D eigenvalue weighted by molar-refractivity contribution is 7.92. The summed E-state index contributed by atoms with van der Waals surface area (Å²) in [7, 11) is -5.65. The van der Waals surface area contributed by atoms with E-state index in [-0.39, 0.29) is 25.5 Å². The molecule has 3 rings (SSSR count). The fourth-order valence-corrected chi connectivity index (χ4v) is 6.01. The number of hydrogen-bond donors (Lipinski definition) is 1. The van der Waals surface area contributed by atoms with Crippen molar-refractivity contribution in [2.75, 3.05) is 37.9 Å². The van der Waals surface area contributed by atoms with Crippen molar-refractivity contribution in [1.82, 2.24) is 9.21 Å². The third kappa shape index (κ3) is 4.61. The minimum Gasteiger partial charge on any atom is -0.304 e. The SMILES string of the molecule is CN1CCN(S(=O)(=O)c2ccc(NS(=O)(=O)c3cc(Cl)ccc3Cl)cc2)CC1. The second-order valence-corrected chi connectivity index (χ2v) is 10.8. The number of halogens is 2. The molecule has 0 saturated carbocycles. The van der Waals surface area contributed by atoms with Crippen LogP contribution < -0.4 is 4.72 Å². The average Bonchev–Trinajstić information content (AvgIpc) is 2.64. The lowest BCUT2D eigenvalue weighted by Crippen LogP contribution is -2.46. The number of anilines is 1. The summed E-state index contributed by atoms with van der Waals surface area (Å²) in [6.45, 7) is 2.16. The molecule has 0 atom stereocenters. The Bertz CT molecular complexity index is 1070. The van der Waals surface area contributed by atoms with E-state index in [0.29, 0.717) is 26.2 Å². The first-order valence-corrected chi connectivity index (χ1v) is 12.0. The molecule has 1 fully saturated rings. The molecule has 152 valence electrons. The molecular weight excluding hydrogens is 445 g/mol. The van der Waals surface area contributed by atoms with Gasteiger partial charge in [-0.25, -0.2) is 16.8 Å². The van der Waals surface area contributed by atoms with Crippen LogP contribution in [0.25, 0.3) is 0 Å². The van der Waals surface area contributed by atoms with E-state index < -0.39 is 20.0 Å². The maximum atomic E-state index is 12.7. The summed E-state index contributed by atoms with van der Waals surface area (Å²) in [5.74, 6) is 0. The number of rotatable bonds is 5. The van der Waals surface area contributed by atoms with Gasteiger partial charge >= 0.3 is 0 Å². The van der Waals surface area contributed by atoms with E-state index in [9.17, 15) is 16.8 Å². The van der Waals surface area contributed by atoms with Crippen LogP contribution in [0.5, 0.6) is 0 Å². The predicted octanol–water partition coefficient (Wildman–Crippen LogP) is 2.73. The van der Waals surface area contributed by atoms with E-state index in [1.165, 1.54) is 46.8 Å². The van der Waals surface area contributed by atoms with Crippen LogP contribution in [0.1, 0.15) is 0 Å². The van der Waals surface area contributed by atoms with Gasteiger partial charge in [0.05, 0.1) is 9.92 Å². The summed E-state index contributed by atoms with van der Waals surface area (Å²) >= 11 is 11.8. The molecule has 1 heterocycles. The number of sulfonamides is 2. The molecular formula is C17H19Cl2N3O4S2. The molecule has 0 aromatic heterocycles. The van der Waals surface area contributed by atoms with Crippen LogP contribution in [0.15, 0.2) is 52.3 Å². The molecule has 0 aliphatic carbocycles. The van der Waals surface area contributed by atoms with Crippen molar-refractivity contribution in [3.63, 3.8) is 0 Å². The third-order valence-corrected chi connectivity index (χ3v) is 8.40. The molecule has 0 spiro atoms. The first-order valence-electron chi connectivity index (χ1n) is 8.36. The maximum absolute atomic E-state index is 12.7. The fraction of sp³-hybridized carbons (Fsp3) is 0.294. The average molecular weight is 464 g/mol. The Morgan fingerprint density at radius 2 is 1.50 bits per heavy atom. The molecule has 2 aromatic carbocycles. The van der Waals surface area contributed by atoms with Crippen LogP contribution in [0, 0.1) is 0 Å². The van der Waals surface area contributed by atoms with Gasteiger partial charge in [0.15, 0.2) is 0 Å². The molecule has 7 nitrogen and oxygen atoms in total. The van der Waals surface area contributed by atoms with Gasteiger partial charge in [0.1, 0.15) is 4.90 Å². The summed E-state index contributed by atoms with van der Waals surface area (Å²) in [4.78, 5) is 2.02. The minimum atomic E-state index is -3.97. The second kappa shape index (κ2) is 8.17. The van der Waals surface area contributed by atoms with Crippen LogP contribution in [0.3, 0.4) is 0 Å².